The number of hydrogen-bond acceptors (Lipinski definition) is 1. The summed E-state index contributed by atoms with van der Waals surface area (Å²) in [5, 5.41) is 12.6. The second-order valence-corrected chi connectivity index (χ2v) is 15.9. The van der Waals surface area contributed by atoms with Crippen LogP contribution < -0.4 is 0 Å². The summed E-state index contributed by atoms with van der Waals surface area (Å²) in [5.74, 6) is 0. The van der Waals surface area contributed by atoms with Gasteiger partial charge in [0.05, 0.1) is 5.41 Å². The first-order chi connectivity index (χ1) is 28.7. The normalized spacial score (nSPS) is 13.3. The van der Waals surface area contributed by atoms with E-state index in [-0.39, 0.29) is 0 Å². The van der Waals surface area contributed by atoms with Crippen molar-refractivity contribution in [2.45, 2.75) is 5.41 Å². The minimum atomic E-state index is -0.537. The molecule has 0 amide bonds. The van der Waals surface area contributed by atoms with Crippen LogP contribution in [0.4, 0.5) is 0 Å². The molecular weight excluding hydrogens is 701 g/mol. The summed E-state index contributed by atoms with van der Waals surface area (Å²) < 4.78 is 6.38. The van der Waals surface area contributed by atoms with Crippen molar-refractivity contribution in [3.05, 3.63) is 229 Å². The maximum atomic E-state index is 6.38. The van der Waals surface area contributed by atoms with Gasteiger partial charge in [-0.05, 0) is 135 Å². The maximum absolute atomic E-state index is 6.38. The summed E-state index contributed by atoms with van der Waals surface area (Å²) in [4.78, 5) is 0. The minimum Gasteiger partial charge on any atom is -0.456 e. The Bertz CT molecular complexity index is 3550. The molecule has 13 rings (SSSR count). The van der Waals surface area contributed by atoms with Crippen molar-refractivity contribution in [3.8, 4) is 33.4 Å². The molecule has 12 aromatic rings. The van der Waals surface area contributed by atoms with E-state index in [1.807, 2.05) is 6.07 Å². The molecule has 0 spiro atoms. The number of rotatable bonds is 4. The molecule has 1 aliphatic carbocycles. The Morgan fingerprint density at radius 2 is 0.862 bits per heavy atom. The first-order valence-electron chi connectivity index (χ1n) is 20.2. The van der Waals surface area contributed by atoms with Crippen LogP contribution in [0.5, 0.6) is 0 Å². The molecule has 0 saturated heterocycles. The summed E-state index contributed by atoms with van der Waals surface area (Å²) in [6.07, 6.45) is 0. The predicted octanol–water partition coefficient (Wildman–Crippen LogP) is 15.3. The third-order valence-electron chi connectivity index (χ3n) is 13.1. The average Bonchev–Trinajstić information content (AvgIpc) is 3.80. The summed E-state index contributed by atoms with van der Waals surface area (Å²) in [6, 6.07) is 76.6. The SMILES string of the molecule is c1ccc(C2(c3ccccc3)c3cc(-c4ccc5ccc6cccc7ccc4c5c67)ccc3-c3cc4c(-c5ccc6c(c5)oc5ccccc56)cccc4cc32)cc1. The highest BCUT2D eigenvalue weighted by atomic mass is 16.3. The van der Waals surface area contributed by atoms with Gasteiger partial charge < -0.3 is 4.42 Å². The van der Waals surface area contributed by atoms with Crippen LogP contribution in [0.15, 0.2) is 211 Å². The highest BCUT2D eigenvalue weighted by Gasteiger charge is 2.46. The molecule has 0 saturated carbocycles. The fraction of sp³-hybridized carbons (Fsp3) is 0.0175. The van der Waals surface area contributed by atoms with Gasteiger partial charge >= 0.3 is 0 Å². The highest BCUT2D eigenvalue weighted by Crippen LogP contribution is 2.58. The lowest BCUT2D eigenvalue weighted by Crippen LogP contribution is -2.28. The lowest BCUT2D eigenvalue weighted by atomic mass is 9.67. The Labute approximate surface area is 335 Å². The second kappa shape index (κ2) is 11.8. The third kappa shape index (κ3) is 4.25. The summed E-state index contributed by atoms with van der Waals surface area (Å²) >= 11 is 0. The molecule has 0 N–H and O–H groups in total. The van der Waals surface area contributed by atoms with E-state index in [4.69, 9.17) is 4.42 Å². The predicted molar refractivity (Wildman–Crippen MR) is 243 cm³/mol. The number of fused-ring (bicyclic) bond motifs is 7. The van der Waals surface area contributed by atoms with E-state index < -0.39 is 5.41 Å². The van der Waals surface area contributed by atoms with Crippen LogP contribution in [0, 0.1) is 0 Å². The van der Waals surface area contributed by atoms with Gasteiger partial charge in [0.15, 0.2) is 0 Å². The second-order valence-electron chi connectivity index (χ2n) is 15.9. The molecule has 0 fully saturated rings. The molecule has 0 radical (unpaired) electrons. The Hall–Kier alpha value is -7.48. The monoisotopic (exact) mass is 734 g/mol. The zero-order valence-electron chi connectivity index (χ0n) is 31.5. The summed E-state index contributed by atoms with van der Waals surface area (Å²) in [5.41, 5.74) is 13.8. The topological polar surface area (TPSA) is 13.1 Å². The molecule has 58 heavy (non-hydrogen) atoms. The van der Waals surface area contributed by atoms with Crippen molar-refractivity contribution in [3.63, 3.8) is 0 Å². The minimum absolute atomic E-state index is 0.537. The molecule has 0 aliphatic heterocycles. The zero-order chi connectivity index (χ0) is 38.0. The molecule has 11 aromatic carbocycles. The van der Waals surface area contributed by atoms with Crippen LogP contribution in [0.2, 0.25) is 0 Å². The quantitative estimate of drug-likeness (QED) is 0.164. The van der Waals surface area contributed by atoms with Gasteiger partial charge in [-0.25, -0.2) is 0 Å². The molecule has 1 heterocycles. The van der Waals surface area contributed by atoms with E-state index in [0.29, 0.717) is 0 Å². The fourth-order valence-electron chi connectivity index (χ4n) is 10.6. The van der Waals surface area contributed by atoms with E-state index in [0.717, 1.165) is 27.5 Å². The maximum Gasteiger partial charge on any atom is 0.136 e. The van der Waals surface area contributed by atoms with Gasteiger partial charge in [0.25, 0.3) is 0 Å². The summed E-state index contributed by atoms with van der Waals surface area (Å²) in [7, 11) is 0. The van der Waals surface area contributed by atoms with Crippen molar-refractivity contribution in [1.29, 1.82) is 0 Å². The zero-order valence-corrected chi connectivity index (χ0v) is 31.5. The van der Waals surface area contributed by atoms with Crippen LogP contribution in [0.1, 0.15) is 22.3 Å². The van der Waals surface area contributed by atoms with Crippen LogP contribution in [0.25, 0.3) is 98.4 Å². The molecule has 0 unspecified atom stereocenters. The Balaban J connectivity index is 1.09. The molecule has 1 heteroatoms. The van der Waals surface area contributed by atoms with E-state index in [9.17, 15) is 0 Å². The standard InChI is InChI=1S/C57H34O/c1-3-14-41(15-4-1)57(42-16-5-2-6-17-42)51-32-39(44-27-23-37-22-21-35-11-9-12-36-24-30-48(44)56(37)55(35)36)25-28-45(51)50-34-49-38(31-52(50)57)13-10-19-43(49)40-26-29-47-46-18-7-8-20-53(46)58-54(47)33-40/h1-34H. The highest BCUT2D eigenvalue weighted by molar-refractivity contribution is 6.25. The largest absolute Gasteiger partial charge is 0.456 e. The van der Waals surface area contributed by atoms with E-state index in [2.05, 4.69) is 200 Å². The van der Waals surface area contributed by atoms with Gasteiger partial charge in [0.2, 0.25) is 0 Å². The summed E-state index contributed by atoms with van der Waals surface area (Å²) in [6.45, 7) is 0. The third-order valence-corrected chi connectivity index (χ3v) is 13.1. The molecule has 1 aromatic heterocycles. The molecule has 0 atom stereocenters. The molecular formula is C57H34O. The van der Waals surface area contributed by atoms with Gasteiger partial charge in [-0.15, -0.1) is 0 Å². The van der Waals surface area contributed by atoms with Crippen LogP contribution in [-0.4, -0.2) is 0 Å². The number of benzene rings is 11. The molecule has 1 nitrogen and oxygen atoms in total. The van der Waals surface area contributed by atoms with Crippen LogP contribution in [0.3, 0.4) is 0 Å². The van der Waals surface area contributed by atoms with Gasteiger partial charge in [-0.3, -0.25) is 0 Å². The van der Waals surface area contributed by atoms with Crippen molar-refractivity contribution in [2.75, 3.05) is 0 Å². The molecule has 0 bridgehead atoms. The van der Waals surface area contributed by atoms with Crippen molar-refractivity contribution in [1.82, 2.24) is 0 Å². The van der Waals surface area contributed by atoms with Gasteiger partial charge in [-0.1, -0.05) is 170 Å². The van der Waals surface area contributed by atoms with Crippen molar-refractivity contribution in [2.24, 2.45) is 0 Å². The van der Waals surface area contributed by atoms with E-state index in [1.54, 1.807) is 0 Å². The van der Waals surface area contributed by atoms with E-state index >= 15 is 0 Å². The fourth-order valence-corrected chi connectivity index (χ4v) is 10.6. The lowest BCUT2D eigenvalue weighted by molar-refractivity contribution is 0.669. The van der Waals surface area contributed by atoms with Crippen molar-refractivity contribution < 1.29 is 4.42 Å². The van der Waals surface area contributed by atoms with Gasteiger partial charge in [-0.2, -0.15) is 0 Å². The van der Waals surface area contributed by atoms with E-state index in [1.165, 1.54) is 93.2 Å². The first kappa shape index (κ1) is 31.7. The van der Waals surface area contributed by atoms with Gasteiger partial charge in [0.1, 0.15) is 11.2 Å². The number of para-hydroxylation sites is 1. The smallest absolute Gasteiger partial charge is 0.136 e. The molecule has 268 valence electrons. The Kier molecular flexibility index (Phi) is 6.43. The average molecular weight is 735 g/mol. The van der Waals surface area contributed by atoms with Gasteiger partial charge in [0, 0.05) is 10.8 Å². The van der Waals surface area contributed by atoms with Crippen LogP contribution in [-0.2, 0) is 5.41 Å². The number of hydrogen-bond donors (Lipinski definition) is 0. The van der Waals surface area contributed by atoms with Crippen LogP contribution >= 0.6 is 0 Å². The number of furan rings is 1. The Morgan fingerprint density at radius 1 is 0.293 bits per heavy atom. The van der Waals surface area contributed by atoms with Crippen molar-refractivity contribution >= 4 is 65.0 Å². The first-order valence-corrected chi connectivity index (χ1v) is 20.2. The lowest BCUT2D eigenvalue weighted by Gasteiger charge is -2.34. The molecule has 1 aliphatic rings. The Morgan fingerprint density at radius 3 is 1.67 bits per heavy atom.